The van der Waals surface area contributed by atoms with E-state index in [4.69, 9.17) is 9.47 Å². The number of methoxy groups -OCH3 is 1. The number of benzene rings is 2. The molecule has 4 rings (SSSR count). The maximum Gasteiger partial charge on any atom is 0.127 e. The molecular formula is C22H26O4. The van der Waals surface area contributed by atoms with Crippen molar-refractivity contribution in [3.63, 3.8) is 0 Å². The summed E-state index contributed by atoms with van der Waals surface area (Å²) in [7, 11) is 1.71. The van der Waals surface area contributed by atoms with Crippen molar-refractivity contribution in [1.82, 2.24) is 0 Å². The highest BCUT2D eigenvalue weighted by Crippen LogP contribution is 2.59. The van der Waals surface area contributed by atoms with E-state index in [1.54, 1.807) is 7.11 Å². The lowest BCUT2D eigenvalue weighted by atomic mass is 9.87. The highest BCUT2D eigenvalue weighted by Gasteiger charge is 2.42. The lowest BCUT2D eigenvalue weighted by Crippen LogP contribution is -2.17. The maximum atomic E-state index is 10.0. The Morgan fingerprint density at radius 2 is 1.85 bits per heavy atom. The predicted octanol–water partition coefficient (Wildman–Crippen LogP) is 3.53. The first-order valence-electron chi connectivity index (χ1n) is 9.40. The summed E-state index contributed by atoms with van der Waals surface area (Å²) in [5, 5.41) is 19.3. The van der Waals surface area contributed by atoms with Crippen LogP contribution in [-0.2, 0) is 13.0 Å². The number of ether oxygens (including phenoxy) is 2. The van der Waals surface area contributed by atoms with Gasteiger partial charge in [0.25, 0.3) is 0 Å². The van der Waals surface area contributed by atoms with E-state index in [0.29, 0.717) is 24.9 Å². The first-order valence-corrected chi connectivity index (χ1v) is 9.40. The molecule has 3 atom stereocenters. The van der Waals surface area contributed by atoms with Crippen LogP contribution in [0.15, 0.2) is 36.4 Å². The van der Waals surface area contributed by atoms with E-state index in [9.17, 15) is 10.2 Å². The normalized spacial score (nSPS) is 21.5. The van der Waals surface area contributed by atoms with Crippen LogP contribution in [0.25, 0.3) is 0 Å². The minimum absolute atomic E-state index is 0.260. The molecule has 0 unspecified atom stereocenters. The van der Waals surface area contributed by atoms with Crippen molar-refractivity contribution in [3.05, 3.63) is 58.7 Å². The first-order chi connectivity index (χ1) is 12.7. The molecule has 2 aromatic carbocycles. The molecule has 0 radical (unpaired) electrons. The molecule has 26 heavy (non-hydrogen) atoms. The summed E-state index contributed by atoms with van der Waals surface area (Å²) in [5.41, 5.74) is 4.62. The number of hydrogen-bond acceptors (Lipinski definition) is 4. The van der Waals surface area contributed by atoms with Gasteiger partial charge in [-0.2, -0.15) is 0 Å². The summed E-state index contributed by atoms with van der Waals surface area (Å²) in [6.45, 7) is 0.239. The molecule has 2 aliphatic rings. The Labute approximate surface area is 154 Å². The zero-order valence-electron chi connectivity index (χ0n) is 15.1. The fraction of sp³-hybridized carbons (Fsp3) is 0.455. The van der Waals surface area contributed by atoms with Crippen molar-refractivity contribution >= 4 is 0 Å². The van der Waals surface area contributed by atoms with Crippen molar-refractivity contribution in [2.45, 2.75) is 50.2 Å². The molecule has 2 aromatic rings. The molecule has 1 saturated carbocycles. The summed E-state index contributed by atoms with van der Waals surface area (Å²) in [5.74, 6) is 2.87. The van der Waals surface area contributed by atoms with Gasteiger partial charge in [0, 0.05) is 23.1 Å². The van der Waals surface area contributed by atoms with E-state index in [-0.39, 0.29) is 6.61 Å². The van der Waals surface area contributed by atoms with Gasteiger partial charge < -0.3 is 19.7 Å². The fourth-order valence-corrected chi connectivity index (χ4v) is 4.60. The van der Waals surface area contributed by atoms with Gasteiger partial charge in [0.1, 0.15) is 18.1 Å². The van der Waals surface area contributed by atoms with Crippen molar-refractivity contribution in [2.75, 3.05) is 13.7 Å². The van der Waals surface area contributed by atoms with E-state index in [2.05, 4.69) is 12.1 Å². The SMILES string of the molecule is COc1cc(C[C@H](O)CO)c(OCc2ccccc2)c2c1[C@@H]1CC[C@H]2C1. The molecule has 1 fully saturated rings. The van der Waals surface area contributed by atoms with E-state index in [0.717, 1.165) is 22.6 Å². The zero-order valence-corrected chi connectivity index (χ0v) is 15.1. The van der Waals surface area contributed by atoms with Crippen LogP contribution in [0.4, 0.5) is 0 Å². The minimum atomic E-state index is -0.796. The number of fused-ring (bicyclic) bond motifs is 5. The largest absolute Gasteiger partial charge is 0.496 e. The molecule has 0 spiro atoms. The topological polar surface area (TPSA) is 58.9 Å². The average Bonchev–Trinajstić information content (AvgIpc) is 3.29. The van der Waals surface area contributed by atoms with Crippen molar-refractivity contribution in [1.29, 1.82) is 0 Å². The Morgan fingerprint density at radius 1 is 1.12 bits per heavy atom. The molecule has 2 bridgehead atoms. The van der Waals surface area contributed by atoms with Gasteiger partial charge in [0.05, 0.1) is 19.8 Å². The molecule has 0 saturated heterocycles. The zero-order chi connectivity index (χ0) is 18.1. The van der Waals surface area contributed by atoms with Crippen LogP contribution in [0.5, 0.6) is 11.5 Å². The van der Waals surface area contributed by atoms with Crippen LogP contribution in [0.1, 0.15) is 53.4 Å². The summed E-state index contributed by atoms with van der Waals surface area (Å²) in [6.07, 6.45) is 3.13. The number of aliphatic hydroxyl groups is 2. The first kappa shape index (κ1) is 17.4. The van der Waals surface area contributed by atoms with Gasteiger partial charge >= 0.3 is 0 Å². The Kier molecular flexibility index (Phi) is 4.88. The van der Waals surface area contributed by atoms with Gasteiger partial charge in [0.15, 0.2) is 0 Å². The Bertz CT molecular complexity index is 771. The maximum absolute atomic E-state index is 10.0. The van der Waals surface area contributed by atoms with Gasteiger partial charge in [-0.25, -0.2) is 0 Å². The lowest BCUT2D eigenvalue weighted by molar-refractivity contribution is 0.0946. The molecule has 0 aromatic heterocycles. The molecular weight excluding hydrogens is 328 g/mol. The third-order valence-electron chi connectivity index (χ3n) is 5.76. The molecule has 0 heterocycles. The molecule has 2 N–H and O–H groups in total. The second-order valence-electron chi connectivity index (χ2n) is 7.42. The Morgan fingerprint density at radius 3 is 2.54 bits per heavy atom. The molecule has 138 valence electrons. The van der Waals surface area contributed by atoms with Crippen LogP contribution >= 0.6 is 0 Å². The quantitative estimate of drug-likeness (QED) is 0.798. The van der Waals surface area contributed by atoms with E-state index in [1.807, 2.05) is 24.3 Å². The highest BCUT2D eigenvalue weighted by molar-refractivity contribution is 5.60. The van der Waals surface area contributed by atoms with Crippen LogP contribution in [-0.4, -0.2) is 30.0 Å². The van der Waals surface area contributed by atoms with Crippen LogP contribution in [0, 0.1) is 0 Å². The van der Waals surface area contributed by atoms with Gasteiger partial charge in [-0.15, -0.1) is 0 Å². The van der Waals surface area contributed by atoms with Gasteiger partial charge in [-0.05, 0) is 42.7 Å². The van der Waals surface area contributed by atoms with E-state index < -0.39 is 6.10 Å². The highest BCUT2D eigenvalue weighted by atomic mass is 16.5. The van der Waals surface area contributed by atoms with Crippen LogP contribution in [0.2, 0.25) is 0 Å². The molecule has 4 heteroatoms. The predicted molar refractivity (Wildman–Crippen MR) is 99.9 cm³/mol. The van der Waals surface area contributed by atoms with Gasteiger partial charge in [-0.3, -0.25) is 0 Å². The fourth-order valence-electron chi connectivity index (χ4n) is 4.60. The molecule has 0 amide bonds. The molecule has 4 nitrogen and oxygen atoms in total. The lowest BCUT2D eigenvalue weighted by Gasteiger charge is -2.25. The minimum Gasteiger partial charge on any atom is -0.496 e. The third-order valence-corrected chi connectivity index (χ3v) is 5.76. The number of rotatable bonds is 7. The van der Waals surface area contributed by atoms with Crippen molar-refractivity contribution in [2.24, 2.45) is 0 Å². The van der Waals surface area contributed by atoms with Gasteiger partial charge in [0.2, 0.25) is 0 Å². The standard InChI is InChI=1S/C22H26O4/c1-25-19-11-17(10-18(24)12-23)22(26-13-14-5-3-2-4-6-14)21-16-8-7-15(9-16)20(19)21/h2-6,11,15-16,18,23-24H,7-10,12-13H2,1H3/t15-,16+,18+/m1/s1. The molecule has 2 aliphatic carbocycles. The summed E-state index contributed by atoms with van der Waals surface area (Å²) in [6, 6.07) is 12.1. The second kappa shape index (κ2) is 7.29. The van der Waals surface area contributed by atoms with Crippen LogP contribution in [0.3, 0.4) is 0 Å². The third kappa shape index (κ3) is 3.08. The summed E-state index contributed by atoms with van der Waals surface area (Å²) >= 11 is 0. The summed E-state index contributed by atoms with van der Waals surface area (Å²) < 4.78 is 12.0. The van der Waals surface area contributed by atoms with E-state index >= 15 is 0 Å². The van der Waals surface area contributed by atoms with Crippen molar-refractivity contribution in [3.8, 4) is 11.5 Å². The number of aliphatic hydroxyl groups excluding tert-OH is 2. The van der Waals surface area contributed by atoms with E-state index in [1.165, 1.54) is 30.4 Å². The Hall–Kier alpha value is -2.04. The monoisotopic (exact) mass is 354 g/mol. The summed E-state index contributed by atoms with van der Waals surface area (Å²) in [4.78, 5) is 0. The molecule has 0 aliphatic heterocycles. The number of hydrogen-bond donors (Lipinski definition) is 2. The van der Waals surface area contributed by atoms with Crippen LogP contribution < -0.4 is 9.47 Å². The smallest absolute Gasteiger partial charge is 0.127 e. The average molecular weight is 354 g/mol. The van der Waals surface area contributed by atoms with Crippen molar-refractivity contribution < 1.29 is 19.7 Å². The second-order valence-corrected chi connectivity index (χ2v) is 7.42. The van der Waals surface area contributed by atoms with Gasteiger partial charge in [-0.1, -0.05) is 30.3 Å². The Balaban J connectivity index is 1.74.